The summed E-state index contributed by atoms with van der Waals surface area (Å²) in [5.41, 5.74) is 2.50. The van der Waals surface area contributed by atoms with Gasteiger partial charge in [-0.25, -0.2) is 4.98 Å². The maximum atomic E-state index is 12.4. The number of esters is 2. The molecule has 0 N–H and O–H groups in total. The quantitative estimate of drug-likeness (QED) is 0.595. The molecule has 1 aliphatic carbocycles. The molecular weight excluding hydrogens is 324 g/mol. The Hall–Kier alpha value is -2.15. The van der Waals surface area contributed by atoms with Crippen LogP contribution in [0.15, 0.2) is 0 Å². The molecule has 7 heteroatoms. The van der Waals surface area contributed by atoms with E-state index in [1.165, 1.54) is 14.2 Å². The lowest BCUT2D eigenvalue weighted by Crippen LogP contribution is -2.42. The highest BCUT2D eigenvalue weighted by molar-refractivity contribution is 6.01. The van der Waals surface area contributed by atoms with E-state index in [0.29, 0.717) is 13.2 Å². The molecule has 0 aromatic carbocycles. The normalized spacial score (nSPS) is 18.6. The molecule has 1 aliphatic heterocycles. The Morgan fingerprint density at radius 3 is 2.16 bits per heavy atom. The summed E-state index contributed by atoms with van der Waals surface area (Å²) in [5, 5.41) is 0. The second kappa shape index (κ2) is 6.63. The van der Waals surface area contributed by atoms with Crippen LogP contribution in [-0.2, 0) is 36.6 Å². The average molecular weight is 348 g/mol. The van der Waals surface area contributed by atoms with Crippen LogP contribution in [0.2, 0.25) is 0 Å². The van der Waals surface area contributed by atoms with Crippen molar-refractivity contribution in [3.05, 3.63) is 22.4 Å². The van der Waals surface area contributed by atoms with Crippen LogP contribution >= 0.6 is 0 Å². The highest BCUT2D eigenvalue weighted by atomic mass is 16.5. The number of anilines is 1. The molecule has 1 aromatic heterocycles. The number of carbonyl (C=O) groups is 2. The molecule has 0 bridgehead atoms. The zero-order valence-corrected chi connectivity index (χ0v) is 15.2. The first-order chi connectivity index (χ1) is 11.9. The molecule has 1 fully saturated rings. The minimum absolute atomic E-state index is 0.269. The zero-order chi connectivity index (χ0) is 18.2. The van der Waals surface area contributed by atoms with Crippen LogP contribution in [0.5, 0.6) is 0 Å². The molecule has 0 spiro atoms. The number of nitrogens with zero attached hydrogens (tertiary/aromatic N) is 2. The fourth-order valence-electron chi connectivity index (χ4n) is 3.88. The van der Waals surface area contributed by atoms with Gasteiger partial charge in [0.15, 0.2) is 5.41 Å². The van der Waals surface area contributed by atoms with Crippen LogP contribution in [0.4, 0.5) is 5.82 Å². The molecule has 0 amide bonds. The Morgan fingerprint density at radius 1 is 1.04 bits per heavy atom. The Labute approximate surface area is 147 Å². The predicted molar refractivity (Wildman–Crippen MR) is 90.6 cm³/mol. The number of fused-ring (bicyclic) bond motifs is 1. The van der Waals surface area contributed by atoms with Gasteiger partial charge in [-0.2, -0.15) is 0 Å². The van der Waals surface area contributed by atoms with Crippen LogP contribution in [0.25, 0.3) is 0 Å². The van der Waals surface area contributed by atoms with Gasteiger partial charge < -0.3 is 19.1 Å². The Kier molecular flexibility index (Phi) is 4.69. The first kappa shape index (κ1) is 17.7. The average Bonchev–Trinajstić information content (AvgIpc) is 3.07. The monoisotopic (exact) mass is 348 g/mol. The lowest BCUT2D eigenvalue weighted by Gasteiger charge is -2.30. The number of hydrogen-bond donors (Lipinski definition) is 0. The van der Waals surface area contributed by atoms with Crippen molar-refractivity contribution >= 4 is 17.8 Å². The smallest absolute Gasteiger partial charge is 0.323 e. The molecule has 0 atom stereocenters. The van der Waals surface area contributed by atoms with Crippen molar-refractivity contribution in [2.75, 3.05) is 45.4 Å². The van der Waals surface area contributed by atoms with Crippen molar-refractivity contribution in [2.45, 2.75) is 26.7 Å². The highest BCUT2D eigenvalue weighted by Gasteiger charge is 2.53. The number of morpholine rings is 1. The second-order valence-corrected chi connectivity index (χ2v) is 6.62. The number of ether oxygens (including phenoxy) is 3. The van der Waals surface area contributed by atoms with E-state index in [4.69, 9.17) is 19.2 Å². The third-order valence-electron chi connectivity index (χ3n) is 5.28. The number of carbonyl (C=O) groups excluding carboxylic acids is 2. The summed E-state index contributed by atoms with van der Waals surface area (Å²) in [6.07, 6.45) is 0.555. The lowest BCUT2D eigenvalue weighted by molar-refractivity contribution is -0.168. The molecule has 0 saturated carbocycles. The van der Waals surface area contributed by atoms with Gasteiger partial charge in [-0.05, 0) is 30.5 Å². The summed E-state index contributed by atoms with van der Waals surface area (Å²) in [7, 11) is 2.60. The molecular formula is C18H24N2O5. The maximum Gasteiger partial charge on any atom is 0.323 e. The summed E-state index contributed by atoms with van der Waals surface area (Å²) in [6, 6.07) is 0. The first-order valence-corrected chi connectivity index (χ1v) is 8.43. The summed E-state index contributed by atoms with van der Waals surface area (Å²) >= 11 is 0. The van der Waals surface area contributed by atoms with E-state index in [2.05, 4.69) is 4.90 Å². The van der Waals surface area contributed by atoms with E-state index < -0.39 is 17.4 Å². The second-order valence-electron chi connectivity index (χ2n) is 6.62. The lowest BCUT2D eigenvalue weighted by atomic mass is 9.84. The van der Waals surface area contributed by atoms with Crippen molar-refractivity contribution in [2.24, 2.45) is 5.41 Å². The van der Waals surface area contributed by atoms with Gasteiger partial charge in [-0.3, -0.25) is 9.59 Å². The van der Waals surface area contributed by atoms with E-state index in [-0.39, 0.29) is 12.8 Å². The number of methoxy groups -OCH3 is 2. The van der Waals surface area contributed by atoms with Crippen molar-refractivity contribution in [3.8, 4) is 0 Å². The van der Waals surface area contributed by atoms with Gasteiger partial charge in [0.25, 0.3) is 0 Å². The Bertz CT molecular complexity index is 694. The zero-order valence-electron chi connectivity index (χ0n) is 15.2. The van der Waals surface area contributed by atoms with Crippen molar-refractivity contribution in [1.29, 1.82) is 0 Å². The third kappa shape index (κ3) is 2.76. The van der Waals surface area contributed by atoms with Gasteiger partial charge >= 0.3 is 11.9 Å². The van der Waals surface area contributed by atoms with Gasteiger partial charge in [-0.1, -0.05) is 0 Å². The van der Waals surface area contributed by atoms with Gasteiger partial charge in [0.05, 0.1) is 27.4 Å². The van der Waals surface area contributed by atoms with Crippen molar-refractivity contribution in [3.63, 3.8) is 0 Å². The molecule has 7 nitrogen and oxygen atoms in total. The Morgan fingerprint density at radius 2 is 1.60 bits per heavy atom. The fraction of sp³-hybridized carbons (Fsp3) is 0.611. The Balaban J connectivity index is 2.05. The molecule has 1 aromatic rings. The molecule has 2 aliphatic rings. The van der Waals surface area contributed by atoms with E-state index in [1.54, 1.807) is 0 Å². The summed E-state index contributed by atoms with van der Waals surface area (Å²) in [5.74, 6) is -0.199. The highest BCUT2D eigenvalue weighted by Crippen LogP contribution is 2.43. The first-order valence-electron chi connectivity index (χ1n) is 8.43. The number of pyridine rings is 1. The summed E-state index contributed by atoms with van der Waals surface area (Å²) < 4.78 is 15.3. The van der Waals surface area contributed by atoms with Crippen LogP contribution in [-0.4, -0.2) is 57.4 Å². The van der Waals surface area contributed by atoms with Crippen LogP contribution in [0, 0.1) is 19.3 Å². The standard InChI is InChI=1S/C18H24N2O5/c1-11-13-9-18(16(21)23-3,17(22)24-4)10-14(13)12(2)19-15(11)20-5-7-25-8-6-20/h5-10H2,1-4H3. The van der Waals surface area contributed by atoms with Crippen molar-refractivity contribution in [1.82, 2.24) is 4.98 Å². The van der Waals surface area contributed by atoms with Crippen LogP contribution in [0.3, 0.4) is 0 Å². The SMILES string of the molecule is COC(=O)C1(C(=O)OC)Cc2c(C)nc(N3CCOCC3)c(C)c2C1. The molecule has 1 saturated heterocycles. The minimum atomic E-state index is -1.31. The number of aryl methyl sites for hydroxylation is 1. The summed E-state index contributed by atoms with van der Waals surface area (Å²) in [4.78, 5) is 31.9. The van der Waals surface area contributed by atoms with Crippen molar-refractivity contribution < 1.29 is 23.8 Å². The van der Waals surface area contributed by atoms with E-state index in [9.17, 15) is 9.59 Å². The molecule has 0 unspecified atom stereocenters. The number of hydrogen-bond acceptors (Lipinski definition) is 7. The molecule has 3 rings (SSSR count). The van der Waals surface area contributed by atoms with E-state index in [0.717, 1.165) is 41.3 Å². The van der Waals surface area contributed by atoms with E-state index >= 15 is 0 Å². The fourth-order valence-corrected chi connectivity index (χ4v) is 3.88. The minimum Gasteiger partial charge on any atom is -0.468 e. The van der Waals surface area contributed by atoms with Gasteiger partial charge in [0.2, 0.25) is 0 Å². The largest absolute Gasteiger partial charge is 0.468 e. The molecule has 2 heterocycles. The predicted octanol–water partition coefficient (Wildman–Crippen LogP) is 0.966. The maximum absolute atomic E-state index is 12.4. The van der Waals surface area contributed by atoms with Gasteiger partial charge in [-0.15, -0.1) is 0 Å². The summed E-state index contributed by atoms with van der Waals surface area (Å²) in [6.45, 7) is 6.83. The van der Waals surface area contributed by atoms with Crippen LogP contribution in [0.1, 0.15) is 22.4 Å². The molecule has 136 valence electrons. The molecule has 0 radical (unpaired) electrons. The van der Waals surface area contributed by atoms with Gasteiger partial charge in [0.1, 0.15) is 5.82 Å². The number of aromatic nitrogens is 1. The van der Waals surface area contributed by atoms with E-state index in [1.807, 2.05) is 13.8 Å². The number of rotatable bonds is 3. The third-order valence-corrected chi connectivity index (χ3v) is 5.28. The van der Waals surface area contributed by atoms with Crippen LogP contribution < -0.4 is 4.90 Å². The topological polar surface area (TPSA) is 78.0 Å². The molecule has 25 heavy (non-hydrogen) atoms. The van der Waals surface area contributed by atoms with Gasteiger partial charge in [0, 0.05) is 31.6 Å².